The monoisotopic (exact) mass is 1900 g/mol. The van der Waals surface area contributed by atoms with Gasteiger partial charge in [0.15, 0.2) is 0 Å². The summed E-state index contributed by atoms with van der Waals surface area (Å²) in [5.41, 5.74) is 33.1. The second-order valence-electron chi connectivity index (χ2n) is 33.9. The van der Waals surface area contributed by atoms with Crippen molar-refractivity contribution in [2.45, 2.75) is 0 Å². The standard InChI is InChI=1S/C37H23N3.2C36H24N2.C17H12N.Ir/c38-24-25-20-27(23-29(21-25)40-36-18-7-3-14-32(36)33-15-4-8-19-37(33)40)26-10-9-11-28(22-26)39-34-16-5-1-12-30(34)31-13-2-6-17-35(31)39;1-5-19-33-29(15-1)30-16-2-6-20-34(30)37(33)27-13-9-11-25(23-27)26-12-10-14-28(24-26)38-35-21-7-3-17-31(35)32-18-4-8-22-36(32)38;1-5-13-33-29(9-1)30-10-2-6-14-34(30)37(33)27-21-17-25(18-22-27)26-19-23-28(24-20-26)38-35-15-7-3-11-31(35)32-12-4-8-16-36(32)38;1-2-7-14(8-3-1)15-9-6-10-16(13-15)17-11-4-5-12-18-17;/h1-23H;2*1-24H;1-9,11-13H;/q;;;-1;. The molecule has 8 nitrogen and oxygen atoms in total. The third kappa shape index (κ3) is 14.9. The van der Waals surface area contributed by atoms with E-state index < -0.39 is 0 Å². The Morgan fingerprint density at radius 1 is 0.185 bits per heavy atom. The molecule has 27 aromatic rings. The van der Waals surface area contributed by atoms with Gasteiger partial charge in [0.05, 0.1) is 77.8 Å². The zero-order valence-electron chi connectivity index (χ0n) is 73.3. The summed E-state index contributed by atoms with van der Waals surface area (Å²) in [6, 6.07) is 182. The van der Waals surface area contributed by atoms with Crippen LogP contribution >= 0.6 is 0 Å². The smallest absolute Gasteiger partial charge is 0.0992 e. The summed E-state index contributed by atoms with van der Waals surface area (Å²) in [5, 5.41) is 25.2. The molecule has 0 unspecified atom stereocenters. The van der Waals surface area contributed by atoms with E-state index in [4.69, 9.17) is 0 Å². The van der Waals surface area contributed by atoms with Crippen molar-refractivity contribution in [1.29, 1.82) is 5.26 Å². The molecule has 9 heteroatoms. The van der Waals surface area contributed by atoms with Gasteiger partial charge in [0.2, 0.25) is 0 Å². The molecule has 0 spiro atoms. The Bertz CT molecular complexity index is 8530. The van der Waals surface area contributed by atoms with Crippen LogP contribution in [-0.2, 0) is 20.1 Å². The van der Waals surface area contributed by atoms with Crippen molar-refractivity contribution in [3.63, 3.8) is 0 Å². The van der Waals surface area contributed by atoms with E-state index in [1.165, 1.54) is 176 Å². The van der Waals surface area contributed by atoms with Crippen LogP contribution in [0.4, 0.5) is 0 Å². The molecule has 135 heavy (non-hydrogen) atoms. The minimum atomic E-state index is 0. The van der Waals surface area contributed by atoms with Crippen LogP contribution in [0.3, 0.4) is 0 Å². The first-order chi connectivity index (χ1) is 66.5. The minimum Gasteiger partial charge on any atom is -0.309 e. The van der Waals surface area contributed by atoms with E-state index in [2.05, 4.69) is 487 Å². The zero-order chi connectivity index (χ0) is 88.9. The number of nitrogens with zero attached hydrogens (tertiary/aromatic N) is 8. The maximum atomic E-state index is 10.0. The molecular formula is C126H83IrN8-. The van der Waals surface area contributed by atoms with Gasteiger partial charge in [-0.2, -0.15) is 5.26 Å². The molecule has 0 saturated carbocycles. The molecule has 0 saturated heterocycles. The second-order valence-corrected chi connectivity index (χ2v) is 33.9. The van der Waals surface area contributed by atoms with Gasteiger partial charge in [-0.3, -0.25) is 0 Å². The first-order valence-corrected chi connectivity index (χ1v) is 45.4. The number of rotatable bonds is 11. The molecule has 0 aliphatic carbocycles. The van der Waals surface area contributed by atoms with Crippen LogP contribution in [0.15, 0.2) is 504 Å². The van der Waals surface area contributed by atoms with Gasteiger partial charge >= 0.3 is 0 Å². The van der Waals surface area contributed by atoms with Crippen molar-refractivity contribution in [2.75, 3.05) is 0 Å². The van der Waals surface area contributed by atoms with Crippen LogP contribution in [0.5, 0.6) is 0 Å². The summed E-state index contributed by atoms with van der Waals surface area (Å²) in [6.07, 6.45) is 1.80. The Labute approximate surface area is 793 Å². The first-order valence-electron chi connectivity index (χ1n) is 45.4. The van der Waals surface area contributed by atoms with Crippen molar-refractivity contribution in [1.82, 2.24) is 32.4 Å². The Kier molecular flexibility index (Phi) is 21.5. The number of fused-ring (bicyclic) bond motifs is 18. The van der Waals surface area contributed by atoms with Crippen molar-refractivity contribution in [3.8, 4) is 96.0 Å². The van der Waals surface area contributed by atoms with E-state index in [0.717, 1.165) is 44.8 Å². The number of nitriles is 1. The molecular weight excluding hydrogens is 1820 g/mol. The van der Waals surface area contributed by atoms with Crippen molar-refractivity contribution in [3.05, 3.63) is 515 Å². The molecule has 20 aromatic carbocycles. The molecule has 0 atom stereocenters. The number of benzene rings is 20. The molecule has 7 heterocycles. The average Bonchev–Trinajstić information content (AvgIpc) is 1.63. The molecule has 27 rings (SSSR count). The van der Waals surface area contributed by atoms with Gasteiger partial charge in [-0.1, -0.05) is 322 Å². The van der Waals surface area contributed by atoms with Crippen molar-refractivity contribution >= 4 is 131 Å². The van der Waals surface area contributed by atoms with E-state index in [9.17, 15) is 5.26 Å². The van der Waals surface area contributed by atoms with Crippen LogP contribution in [-0.4, -0.2) is 32.4 Å². The molecule has 1 radical (unpaired) electrons. The van der Waals surface area contributed by atoms with Crippen LogP contribution < -0.4 is 0 Å². The predicted molar refractivity (Wildman–Crippen MR) is 560 cm³/mol. The number of para-hydroxylation sites is 12. The number of hydrogen-bond donors (Lipinski definition) is 0. The molecule has 0 bridgehead atoms. The Morgan fingerprint density at radius 3 is 0.726 bits per heavy atom. The topological polar surface area (TPSA) is 66.3 Å². The fourth-order valence-corrected chi connectivity index (χ4v) is 20.2. The fraction of sp³-hybridized carbons (Fsp3) is 0. The molecule has 0 amide bonds. The summed E-state index contributed by atoms with van der Waals surface area (Å²) in [7, 11) is 0. The third-order valence-electron chi connectivity index (χ3n) is 26.2. The summed E-state index contributed by atoms with van der Waals surface area (Å²) >= 11 is 0. The van der Waals surface area contributed by atoms with Gasteiger partial charge in [0, 0.05) is 125 Å². The van der Waals surface area contributed by atoms with Gasteiger partial charge in [0.1, 0.15) is 0 Å². The zero-order valence-corrected chi connectivity index (χ0v) is 75.7. The average molecular weight is 1900 g/mol. The molecule has 0 fully saturated rings. The fourth-order valence-electron chi connectivity index (χ4n) is 20.2. The number of pyridine rings is 1. The van der Waals surface area contributed by atoms with E-state index in [1.807, 2.05) is 54.6 Å². The molecule has 0 N–H and O–H groups in total. The number of hydrogen-bond acceptors (Lipinski definition) is 2. The second kappa shape index (κ2) is 35.4. The Hall–Kier alpha value is -17.5. The molecule has 0 aliphatic heterocycles. The molecule has 0 aliphatic rings. The summed E-state index contributed by atoms with van der Waals surface area (Å²) < 4.78 is 14.1. The van der Waals surface area contributed by atoms with E-state index in [0.29, 0.717) is 5.56 Å². The van der Waals surface area contributed by atoms with Crippen LogP contribution in [0.1, 0.15) is 5.56 Å². The van der Waals surface area contributed by atoms with Crippen LogP contribution in [0.2, 0.25) is 0 Å². The van der Waals surface area contributed by atoms with Crippen molar-refractivity contribution < 1.29 is 20.1 Å². The SMILES string of the molecule is N#Cc1cc(-c2cccc(-n3c4ccccc4c4ccccc43)c2)cc(-n2c3ccccc3c3ccccc32)c1.[Ir].[c-]1ccc(-c2ccccc2)cc1-c1ccccn1.c1cc(-c2cccc(-n3c4ccccc4c4ccccc43)c2)cc(-n2c3ccccc3c3ccccc32)c1.c1ccc2c(c1)c1ccccc1n2-c1ccc(-c2ccc(-n3c4ccccc4c4ccccc43)cc2)cc1. The Balaban J connectivity index is 0.000000104. The van der Waals surface area contributed by atoms with E-state index in [-0.39, 0.29) is 20.1 Å². The summed E-state index contributed by atoms with van der Waals surface area (Å²) in [5.74, 6) is 0. The first kappa shape index (κ1) is 81.9. The Morgan fingerprint density at radius 2 is 0.430 bits per heavy atom. The van der Waals surface area contributed by atoms with Crippen LogP contribution in [0, 0.1) is 17.4 Å². The minimum absolute atomic E-state index is 0. The molecule has 7 aromatic heterocycles. The summed E-state index contributed by atoms with van der Waals surface area (Å²) in [6.45, 7) is 0. The van der Waals surface area contributed by atoms with Crippen molar-refractivity contribution in [2.24, 2.45) is 0 Å². The van der Waals surface area contributed by atoms with E-state index >= 15 is 0 Å². The van der Waals surface area contributed by atoms with Gasteiger partial charge < -0.3 is 32.4 Å². The number of aromatic nitrogens is 7. The summed E-state index contributed by atoms with van der Waals surface area (Å²) in [4.78, 5) is 4.35. The van der Waals surface area contributed by atoms with Crippen LogP contribution in [0.25, 0.3) is 221 Å². The van der Waals surface area contributed by atoms with Gasteiger partial charge in [0.25, 0.3) is 0 Å². The quantitative estimate of drug-likeness (QED) is 0.121. The van der Waals surface area contributed by atoms with Gasteiger partial charge in [-0.05, 0) is 202 Å². The van der Waals surface area contributed by atoms with E-state index in [1.54, 1.807) is 6.20 Å². The van der Waals surface area contributed by atoms with Gasteiger partial charge in [-0.15, -0.1) is 35.4 Å². The maximum absolute atomic E-state index is 10.0. The van der Waals surface area contributed by atoms with Gasteiger partial charge in [-0.25, -0.2) is 0 Å². The maximum Gasteiger partial charge on any atom is 0.0992 e. The largest absolute Gasteiger partial charge is 0.309 e. The third-order valence-corrected chi connectivity index (χ3v) is 26.2. The molecule has 637 valence electrons. The normalized spacial score (nSPS) is 11.3. The predicted octanol–water partition coefficient (Wildman–Crippen LogP) is 32.7.